The molecule has 0 aliphatic heterocycles. The number of hydrogen-bond donors (Lipinski definition) is 2. The fourth-order valence-electron chi connectivity index (χ4n) is 8.02. The van der Waals surface area contributed by atoms with Crippen molar-refractivity contribution in [3.63, 3.8) is 0 Å². The zero-order chi connectivity index (χ0) is 47.5. The SMILES string of the molecule is C/C=C\C=C(\C)CC.C=CC1CC1C(=C)C.c1ccc(Nc2ccc(-c3cc(Cc4ccc(N(c5ccccc5)c5ccccc5)cc4)cc(-c4ccc(Nc5ccccc5)cc4)c3)cc2)cc1. The van der Waals surface area contributed by atoms with E-state index < -0.39 is 0 Å². The van der Waals surface area contributed by atoms with Crippen molar-refractivity contribution in [1.82, 2.24) is 0 Å². The number of para-hydroxylation sites is 4. The molecule has 0 aromatic heterocycles. The number of hydrogen-bond acceptors (Lipinski definition) is 3. The first-order valence-corrected chi connectivity index (χ1v) is 23.8. The normalized spacial score (nSPS) is 13.8. The molecule has 9 rings (SSSR count). The van der Waals surface area contributed by atoms with E-state index in [1.165, 1.54) is 50.9 Å². The van der Waals surface area contributed by atoms with Crippen LogP contribution in [0.1, 0.15) is 51.7 Å². The predicted molar refractivity (Wildman–Crippen MR) is 296 cm³/mol. The third-order valence-corrected chi connectivity index (χ3v) is 12.1. The molecule has 2 atom stereocenters. The summed E-state index contributed by atoms with van der Waals surface area (Å²) in [7, 11) is 0. The third-order valence-electron chi connectivity index (χ3n) is 12.1. The summed E-state index contributed by atoms with van der Waals surface area (Å²) in [6.45, 7) is 16.0. The van der Waals surface area contributed by atoms with Gasteiger partial charge < -0.3 is 15.5 Å². The van der Waals surface area contributed by atoms with Crippen molar-refractivity contribution < 1.29 is 0 Å². The number of benzene rings is 8. The molecule has 0 radical (unpaired) electrons. The van der Waals surface area contributed by atoms with E-state index in [9.17, 15) is 0 Å². The van der Waals surface area contributed by atoms with Gasteiger partial charge >= 0.3 is 0 Å². The van der Waals surface area contributed by atoms with Crippen LogP contribution >= 0.6 is 0 Å². The summed E-state index contributed by atoms with van der Waals surface area (Å²) in [6, 6.07) is 75.1. The van der Waals surface area contributed by atoms with Crippen molar-refractivity contribution in [2.24, 2.45) is 11.8 Å². The number of nitrogens with zero attached hydrogens (tertiary/aromatic N) is 1. The molecular weight excluding hydrogens is 823 g/mol. The summed E-state index contributed by atoms with van der Waals surface area (Å²) in [6.07, 6.45) is 11.5. The Hall–Kier alpha value is -7.88. The maximum Gasteiger partial charge on any atom is 0.0461 e. The monoisotopic (exact) mass is 888 g/mol. The second kappa shape index (κ2) is 24.6. The second-order valence-electron chi connectivity index (χ2n) is 17.4. The molecule has 2 unspecified atom stereocenters. The summed E-state index contributed by atoms with van der Waals surface area (Å²) >= 11 is 0. The first kappa shape index (κ1) is 48.1. The van der Waals surface area contributed by atoms with E-state index in [0.29, 0.717) is 0 Å². The molecule has 0 heterocycles. The Kier molecular flexibility index (Phi) is 17.4. The highest BCUT2D eigenvalue weighted by atomic mass is 15.1. The Morgan fingerprint density at radius 2 is 0.956 bits per heavy atom. The van der Waals surface area contributed by atoms with E-state index in [-0.39, 0.29) is 0 Å². The highest BCUT2D eigenvalue weighted by Crippen LogP contribution is 2.44. The van der Waals surface area contributed by atoms with Gasteiger partial charge in [-0.25, -0.2) is 0 Å². The molecule has 0 bridgehead atoms. The van der Waals surface area contributed by atoms with Crippen molar-refractivity contribution in [3.05, 3.63) is 272 Å². The first-order valence-electron chi connectivity index (χ1n) is 23.8. The van der Waals surface area contributed by atoms with Gasteiger partial charge in [0.1, 0.15) is 0 Å². The quantitative estimate of drug-likeness (QED) is 0.0793. The van der Waals surface area contributed by atoms with Gasteiger partial charge in [0, 0.05) is 39.8 Å². The standard InChI is InChI=1S/C49H39N3.C8H12.C8H14/c1-5-13-43(14-6-1)50-45-27-23-39(24-28-45)41-34-38(35-42(36-41)40-25-29-46(30-26-40)51-44-15-7-2-8-16-44)33-37-21-31-49(32-22-37)52(47-17-9-3-10-18-47)48-19-11-4-12-20-48;1-4-7-5-8(7)6(2)3;1-4-6-7-8(3)5-2/h1-32,34-36,50-51H,33H2;4,7-8H,1-2,5H2,3H3;4,6-7H,5H2,1-3H3/b;;6-4-,8-7-. The minimum absolute atomic E-state index is 0.757. The summed E-state index contributed by atoms with van der Waals surface area (Å²) in [5.41, 5.74) is 17.7. The maximum absolute atomic E-state index is 3.87. The van der Waals surface area contributed by atoms with Gasteiger partial charge in [-0.3, -0.25) is 0 Å². The van der Waals surface area contributed by atoms with Gasteiger partial charge in [0.25, 0.3) is 0 Å². The van der Waals surface area contributed by atoms with E-state index in [1.807, 2.05) is 55.5 Å². The van der Waals surface area contributed by atoms with Crippen molar-refractivity contribution >= 4 is 39.8 Å². The lowest BCUT2D eigenvalue weighted by atomic mass is 9.93. The molecule has 0 amide bonds. The minimum Gasteiger partial charge on any atom is -0.356 e. The molecule has 1 fully saturated rings. The van der Waals surface area contributed by atoms with E-state index in [0.717, 1.165) is 64.5 Å². The molecule has 8 aromatic carbocycles. The summed E-state index contributed by atoms with van der Waals surface area (Å²) in [4.78, 5) is 2.30. The van der Waals surface area contributed by atoms with E-state index in [4.69, 9.17) is 0 Å². The van der Waals surface area contributed by atoms with Crippen molar-refractivity contribution in [2.75, 3.05) is 15.5 Å². The van der Waals surface area contributed by atoms with Gasteiger partial charge in [0.15, 0.2) is 0 Å². The molecule has 1 aliphatic rings. The van der Waals surface area contributed by atoms with Crippen LogP contribution in [0.3, 0.4) is 0 Å². The van der Waals surface area contributed by atoms with Gasteiger partial charge in [-0.1, -0.05) is 170 Å². The summed E-state index contributed by atoms with van der Waals surface area (Å²) in [5.74, 6) is 1.53. The van der Waals surface area contributed by atoms with Crippen molar-refractivity contribution in [3.8, 4) is 22.3 Å². The summed E-state index contributed by atoms with van der Waals surface area (Å²) in [5, 5.41) is 7.02. The molecule has 1 aliphatic carbocycles. The Morgan fingerprint density at radius 1 is 0.529 bits per heavy atom. The van der Waals surface area contributed by atoms with Gasteiger partial charge in [-0.15, -0.1) is 6.58 Å². The fourth-order valence-corrected chi connectivity index (χ4v) is 8.02. The van der Waals surface area contributed by atoms with Crippen LogP contribution in [-0.4, -0.2) is 0 Å². The van der Waals surface area contributed by atoms with Crippen LogP contribution < -0.4 is 15.5 Å². The molecular formula is C65H65N3. The van der Waals surface area contributed by atoms with Crippen LogP contribution in [-0.2, 0) is 6.42 Å². The van der Waals surface area contributed by atoms with Crippen LogP contribution in [0.4, 0.5) is 39.8 Å². The molecule has 340 valence electrons. The Balaban J connectivity index is 0.000000364. The van der Waals surface area contributed by atoms with E-state index >= 15 is 0 Å². The maximum atomic E-state index is 3.87. The lowest BCUT2D eigenvalue weighted by Crippen LogP contribution is -2.09. The first-order chi connectivity index (χ1) is 33.3. The average Bonchev–Trinajstić information content (AvgIpc) is 4.19. The lowest BCUT2D eigenvalue weighted by molar-refractivity contribution is 0.931. The molecule has 1 saturated carbocycles. The van der Waals surface area contributed by atoms with Gasteiger partial charge in [0.05, 0.1) is 0 Å². The third kappa shape index (κ3) is 14.1. The van der Waals surface area contributed by atoms with E-state index in [1.54, 1.807) is 0 Å². The van der Waals surface area contributed by atoms with Gasteiger partial charge in [0.2, 0.25) is 0 Å². The molecule has 0 spiro atoms. The van der Waals surface area contributed by atoms with Crippen LogP contribution in [0.25, 0.3) is 22.3 Å². The Labute approximate surface area is 406 Å². The highest BCUT2D eigenvalue weighted by Gasteiger charge is 2.34. The summed E-state index contributed by atoms with van der Waals surface area (Å²) < 4.78 is 0. The molecule has 8 aromatic rings. The molecule has 3 heteroatoms. The number of nitrogens with one attached hydrogen (secondary N) is 2. The Bertz CT molecular complexity index is 2700. The number of allylic oxidation sites excluding steroid dienone is 6. The molecule has 3 nitrogen and oxygen atoms in total. The fraction of sp³-hybridized carbons (Fsp3) is 0.138. The topological polar surface area (TPSA) is 27.3 Å². The lowest BCUT2D eigenvalue weighted by Gasteiger charge is -2.25. The molecule has 0 saturated heterocycles. The van der Waals surface area contributed by atoms with Crippen LogP contribution in [0.15, 0.2) is 261 Å². The highest BCUT2D eigenvalue weighted by molar-refractivity contribution is 5.78. The van der Waals surface area contributed by atoms with Crippen molar-refractivity contribution in [2.45, 2.75) is 47.0 Å². The zero-order valence-electron chi connectivity index (χ0n) is 40.2. The number of rotatable bonds is 15. The van der Waals surface area contributed by atoms with Gasteiger partial charge in [-0.05, 0) is 176 Å². The minimum atomic E-state index is 0.757. The van der Waals surface area contributed by atoms with Crippen LogP contribution in [0, 0.1) is 11.8 Å². The molecule has 2 N–H and O–H groups in total. The van der Waals surface area contributed by atoms with Crippen LogP contribution in [0.2, 0.25) is 0 Å². The van der Waals surface area contributed by atoms with E-state index in [2.05, 4.69) is 238 Å². The van der Waals surface area contributed by atoms with Crippen LogP contribution in [0.5, 0.6) is 0 Å². The number of anilines is 7. The average molecular weight is 888 g/mol. The Morgan fingerprint density at radius 3 is 1.34 bits per heavy atom. The predicted octanol–water partition coefficient (Wildman–Crippen LogP) is 18.9. The van der Waals surface area contributed by atoms with Gasteiger partial charge in [-0.2, -0.15) is 0 Å². The zero-order valence-corrected chi connectivity index (χ0v) is 40.2. The smallest absolute Gasteiger partial charge is 0.0461 e. The largest absolute Gasteiger partial charge is 0.356 e. The van der Waals surface area contributed by atoms with Crippen molar-refractivity contribution in [1.29, 1.82) is 0 Å². The molecule has 68 heavy (non-hydrogen) atoms. The second-order valence-corrected chi connectivity index (χ2v) is 17.4.